The van der Waals surface area contributed by atoms with Crippen LogP contribution in [0.1, 0.15) is 11.1 Å². The highest BCUT2D eigenvalue weighted by Gasteiger charge is 2.29. The summed E-state index contributed by atoms with van der Waals surface area (Å²) in [7, 11) is 0. The summed E-state index contributed by atoms with van der Waals surface area (Å²) in [6.45, 7) is 1.86. The summed E-state index contributed by atoms with van der Waals surface area (Å²) >= 11 is 11.1. The quantitative estimate of drug-likeness (QED) is 0.706. The van der Waals surface area contributed by atoms with Crippen molar-refractivity contribution < 1.29 is 13.2 Å². The normalized spacial score (nSPS) is 11.1. The Morgan fingerprint density at radius 1 is 1.00 bits per heavy atom. The third kappa shape index (κ3) is 4.35. The lowest BCUT2D eigenvalue weighted by Gasteiger charge is -2.12. The van der Waals surface area contributed by atoms with Crippen molar-refractivity contribution in [2.75, 3.05) is 10.6 Å². The molecule has 0 aliphatic carbocycles. The van der Waals surface area contributed by atoms with Crippen LogP contribution in [0.25, 0.3) is 0 Å². The number of hydrogen-bond acceptors (Lipinski definition) is 1. The molecule has 0 saturated heterocycles. The van der Waals surface area contributed by atoms with Gasteiger partial charge in [-0.1, -0.05) is 11.6 Å². The molecule has 0 saturated carbocycles. The molecule has 7 heteroatoms. The summed E-state index contributed by atoms with van der Waals surface area (Å²) < 4.78 is 37.4. The lowest BCUT2D eigenvalue weighted by molar-refractivity contribution is -0.137. The van der Waals surface area contributed by atoms with E-state index in [0.29, 0.717) is 10.7 Å². The zero-order valence-electron chi connectivity index (χ0n) is 11.5. The Labute approximate surface area is 136 Å². The molecular formula is C15H12ClF3N2S. The van der Waals surface area contributed by atoms with Gasteiger partial charge in [0.2, 0.25) is 0 Å². The number of thiocarbonyl (C=S) groups is 1. The topological polar surface area (TPSA) is 24.1 Å². The van der Waals surface area contributed by atoms with Crippen molar-refractivity contribution in [1.29, 1.82) is 0 Å². The molecule has 0 heterocycles. The zero-order valence-corrected chi connectivity index (χ0v) is 13.0. The van der Waals surface area contributed by atoms with E-state index >= 15 is 0 Å². The molecule has 2 aromatic rings. The Bertz CT molecular complexity index is 684. The second kappa shape index (κ2) is 6.54. The Hall–Kier alpha value is -1.79. The van der Waals surface area contributed by atoms with Crippen LogP contribution in [-0.4, -0.2) is 5.11 Å². The summed E-state index contributed by atoms with van der Waals surface area (Å²) in [6, 6.07) is 9.96. The molecule has 0 spiro atoms. The molecule has 0 amide bonds. The standard InChI is InChI=1S/C15H12ClF3N2S/c1-9-8-12(6-7-13(9)16)21-14(22)20-11-4-2-10(3-5-11)15(17,18)19/h2-8H,1H3,(H2,20,21,22). The molecule has 22 heavy (non-hydrogen) atoms. The van der Waals surface area contributed by atoms with Gasteiger partial charge < -0.3 is 10.6 Å². The Balaban J connectivity index is 2.01. The largest absolute Gasteiger partial charge is 0.416 e. The van der Waals surface area contributed by atoms with Crippen LogP contribution in [-0.2, 0) is 6.18 Å². The zero-order chi connectivity index (χ0) is 16.3. The molecule has 0 aliphatic rings. The van der Waals surface area contributed by atoms with Crippen LogP contribution in [0.4, 0.5) is 24.5 Å². The smallest absolute Gasteiger partial charge is 0.332 e. The van der Waals surface area contributed by atoms with Crippen LogP contribution in [0.15, 0.2) is 42.5 Å². The molecule has 0 aromatic heterocycles. The molecule has 0 unspecified atom stereocenters. The number of rotatable bonds is 2. The molecule has 0 fully saturated rings. The highest BCUT2D eigenvalue weighted by atomic mass is 35.5. The molecule has 2 N–H and O–H groups in total. The first-order chi connectivity index (χ1) is 10.3. The third-order valence-corrected chi connectivity index (χ3v) is 3.51. The van der Waals surface area contributed by atoms with Gasteiger partial charge in [0.25, 0.3) is 0 Å². The average molecular weight is 345 g/mol. The first-order valence-electron chi connectivity index (χ1n) is 6.27. The predicted molar refractivity (Wildman–Crippen MR) is 87.5 cm³/mol. The van der Waals surface area contributed by atoms with Gasteiger partial charge in [-0.25, -0.2) is 0 Å². The molecule has 0 bridgehead atoms. The second-order valence-electron chi connectivity index (χ2n) is 4.62. The van der Waals surface area contributed by atoms with Crippen LogP contribution in [0, 0.1) is 6.92 Å². The number of hydrogen-bond donors (Lipinski definition) is 2. The average Bonchev–Trinajstić information content (AvgIpc) is 2.42. The first-order valence-corrected chi connectivity index (χ1v) is 7.06. The molecule has 0 atom stereocenters. The van der Waals surface area contributed by atoms with Crippen molar-refractivity contribution in [2.45, 2.75) is 13.1 Å². The van der Waals surface area contributed by atoms with E-state index in [-0.39, 0.29) is 5.11 Å². The predicted octanol–water partition coefficient (Wildman–Crippen LogP) is 5.48. The van der Waals surface area contributed by atoms with E-state index < -0.39 is 11.7 Å². The molecular weight excluding hydrogens is 333 g/mol. The van der Waals surface area contributed by atoms with Gasteiger partial charge in [-0.3, -0.25) is 0 Å². The number of benzene rings is 2. The second-order valence-corrected chi connectivity index (χ2v) is 5.43. The van der Waals surface area contributed by atoms with Crippen LogP contribution in [0.3, 0.4) is 0 Å². The van der Waals surface area contributed by atoms with E-state index in [4.69, 9.17) is 23.8 Å². The molecule has 116 valence electrons. The summed E-state index contributed by atoms with van der Waals surface area (Å²) in [5.41, 5.74) is 1.40. The summed E-state index contributed by atoms with van der Waals surface area (Å²) in [5.74, 6) is 0. The minimum atomic E-state index is -4.35. The number of aryl methyl sites for hydroxylation is 1. The minimum absolute atomic E-state index is 0.279. The molecule has 2 aromatic carbocycles. The molecule has 0 aliphatic heterocycles. The number of alkyl halides is 3. The summed E-state index contributed by atoms with van der Waals surface area (Å²) in [6.07, 6.45) is -4.35. The fourth-order valence-electron chi connectivity index (χ4n) is 1.76. The Morgan fingerprint density at radius 2 is 1.55 bits per heavy atom. The third-order valence-electron chi connectivity index (χ3n) is 2.89. The maximum Gasteiger partial charge on any atom is 0.416 e. The van der Waals surface area contributed by atoms with Gasteiger partial charge in [0, 0.05) is 16.4 Å². The van der Waals surface area contributed by atoms with E-state index in [9.17, 15) is 13.2 Å². The molecule has 2 nitrogen and oxygen atoms in total. The minimum Gasteiger partial charge on any atom is -0.332 e. The van der Waals surface area contributed by atoms with E-state index in [2.05, 4.69) is 10.6 Å². The van der Waals surface area contributed by atoms with Crippen LogP contribution >= 0.6 is 23.8 Å². The van der Waals surface area contributed by atoms with Crippen molar-refractivity contribution in [3.8, 4) is 0 Å². The van der Waals surface area contributed by atoms with Gasteiger partial charge in [0.05, 0.1) is 5.56 Å². The van der Waals surface area contributed by atoms with Crippen molar-refractivity contribution in [2.24, 2.45) is 0 Å². The maximum absolute atomic E-state index is 12.5. The van der Waals surface area contributed by atoms with E-state index in [1.165, 1.54) is 12.1 Å². The number of halogens is 4. The van der Waals surface area contributed by atoms with Gasteiger partial charge in [-0.15, -0.1) is 0 Å². The van der Waals surface area contributed by atoms with Crippen molar-refractivity contribution >= 4 is 40.3 Å². The number of nitrogens with one attached hydrogen (secondary N) is 2. The lowest BCUT2D eigenvalue weighted by atomic mass is 10.2. The molecule has 2 rings (SSSR count). The highest BCUT2D eigenvalue weighted by molar-refractivity contribution is 7.80. The SMILES string of the molecule is Cc1cc(NC(=S)Nc2ccc(C(F)(F)F)cc2)ccc1Cl. The fourth-order valence-corrected chi connectivity index (χ4v) is 2.11. The van der Waals surface area contributed by atoms with Crippen molar-refractivity contribution in [3.05, 3.63) is 58.6 Å². The lowest BCUT2D eigenvalue weighted by Crippen LogP contribution is -2.19. The maximum atomic E-state index is 12.5. The monoisotopic (exact) mass is 344 g/mol. The van der Waals surface area contributed by atoms with Crippen LogP contribution in [0.5, 0.6) is 0 Å². The summed E-state index contributed by atoms with van der Waals surface area (Å²) in [4.78, 5) is 0. The van der Waals surface area contributed by atoms with E-state index in [1.54, 1.807) is 12.1 Å². The van der Waals surface area contributed by atoms with Gasteiger partial charge in [0.15, 0.2) is 5.11 Å². The van der Waals surface area contributed by atoms with Crippen molar-refractivity contribution in [1.82, 2.24) is 0 Å². The number of anilines is 2. The van der Waals surface area contributed by atoms with E-state index in [1.807, 2.05) is 13.0 Å². The van der Waals surface area contributed by atoms with Gasteiger partial charge in [-0.2, -0.15) is 13.2 Å². The van der Waals surface area contributed by atoms with Gasteiger partial charge in [0.1, 0.15) is 0 Å². The summed E-state index contributed by atoms with van der Waals surface area (Å²) in [5, 5.41) is 6.69. The molecule has 0 radical (unpaired) electrons. The van der Waals surface area contributed by atoms with E-state index in [0.717, 1.165) is 23.4 Å². The fraction of sp³-hybridized carbons (Fsp3) is 0.133. The van der Waals surface area contributed by atoms with Gasteiger partial charge in [-0.05, 0) is 67.2 Å². The van der Waals surface area contributed by atoms with Crippen LogP contribution in [0.2, 0.25) is 5.02 Å². The Morgan fingerprint density at radius 3 is 2.09 bits per heavy atom. The first kappa shape index (κ1) is 16.6. The highest BCUT2D eigenvalue weighted by Crippen LogP contribution is 2.29. The van der Waals surface area contributed by atoms with Gasteiger partial charge >= 0.3 is 6.18 Å². The van der Waals surface area contributed by atoms with Crippen molar-refractivity contribution in [3.63, 3.8) is 0 Å². The Kier molecular flexibility index (Phi) is 4.93. The van der Waals surface area contributed by atoms with Crippen LogP contribution < -0.4 is 10.6 Å².